The Morgan fingerprint density at radius 1 is 1.30 bits per heavy atom. The Bertz CT molecular complexity index is 735. The van der Waals surface area contributed by atoms with Crippen LogP contribution in [0.3, 0.4) is 0 Å². The fourth-order valence-electron chi connectivity index (χ4n) is 1.99. The third-order valence-electron chi connectivity index (χ3n) is 3.41. The van der Waals surface area contributed by atoms with E-state index >= 15 is 0 Å². The van der Waals surface area contributed by atoms with Gasteiger partial charge in [-0.25, -0.2) is 9.49 Å². The summed E-state index contributed by atoms with van der Waals surface area (Å²) in [5.41, 5.74) is 2.77. The van der Waals surface area contributed by atoms with Gasteiger partial charge < -0.3 is 0 Å². The molecule has 0 unspecified atom stereocenters. The van der Waals surface area contributed by atoms with Crippen molar-refractivity contribution in [3.05, 3.63) is 62.3 Å². The van der Waals surface area contributed by atoms with E-state index in [9.17, 15) is 14.0 Å². The van der Waals surface area contributed by atoms with Gasteiger partial charge in [-0.05, 0) is 44.0 Å². The number of Topliss-reactive ketones (excluding diaryl/α,β-unsaturated/α-hetero) is 1. The third-order valence-corrected chi connectivity index (χ3v) is 3.41. The first-order chi connectivity index (χ1) is 9.40. The lowest BCUT2D eigenvalue weighted by Crippen LogP contribution is -2.16. The summed E-state index contributed by atoms with van der Waals surface area (Å²) in [6.45, 7) is 4.88. The van der Waals surface area contributed by atoms with Gasteiger partial charge in [0.2, 0.25) is 0 Å². The smallest absolute Gasteiger partial charge is 0.267 e. The monoisotopic (exact) mass is 274 g/mol. The van der Waals surface area contributed by atoms with Crippen molar-refractivity contribution in [3.63, 3.8) is 0 Å². The van der Waals surface area contributed by atoms with Gasteiger partial charge in [0.25, 0.3) is 5.56 Å². The Morgan fingerprint density at radius 2 is 2.00 bits per heavy atom. The minimum absolute atomic E-state index is 0.0706. The van der Waals surface area contributed by atoms with Crippen molar-refractivity contribution in [2.75, 3.05) is 0 Å². The van der Waals surface area contributed by atoms with E-state index in [-0.39, 0.29) is 16.9 Å². The zero-order valence-corrected chi connectivity index (χ0v) is 11.6. The van der Waals surface area contributed by atoms with Crippen LogP contribution >= 0.6 is 0 Å². The predicted octanol–water partition coefficient (Wildman–Crippen LogP) is 2.32. The number of benzene rings is 1. The van der Waals surface area contributed by atoms with Gasteiger partial charge in [0.05, 0.1) is 11.3 Å². The molecule has 2 aromatic rings. The molecule has 1 heterocycles. The molecule has 104 valence electrons. The standard InChI is InChI=1S/C15H15FN2O2/c1-8-9(2)15(20)18-17-14(8)7-11-4-5-13(16)12(6-11)10(3)19/h4-6H,7H2,1-3H3,(H,18,20). The van der Waals surface area contributed by atoms with Crippen LogP contribution in [0.2, 0.25) is 0 Å². The molecule has 0 radical (unpaired) electrons. The van der Waals surface area contributed by atoms with Gasteiger partial charge >= 0.3 is 0 Å². The highest BCUT2D eigenvalue weighted by Gasteiger charge is 2.11. The number of nitrogens with zero attached hydrogens (tertiary/aromatic N) is 1. The average molecular weight is 274 g/mol. The summed E-state index contributed by atoms with van der Waals surface area (Å²) < 4.78 is 13.5. The fourth-order valence-corrected chi connectivity index (χ4v) is 1.99. The molecule has 20 heavy (non-hydrogen) atoms. The van der Waals surface area contributed by atoms with E-state index in [4.69, 9.17) is 0 Å². The van der Waals surface area contributed by atoms with Crippen LogP contribution in [-0.2, 0) is 6.42 Å². The maximum atomic E-state index is 13.5. The highest BCUT2D eigenvalue weighted by Crippen LogP contribution is 2.16. The molecule has 0 bridgehead atoms. The molecule has 5 heteroatoms. The maximum Gasteiger partial charge on any atom is 0.267 e. The molecule has 1 N–H and O–H groups in total. The number of carbonyl (C=O) groups is 1. The van der Waals surface area contributed by atoms with E-state index in [0.717, 1.165) is 11.1 Å². The van der Waals surface area contributed by atoms with Crippen LogP contribution in [0.1, 0.15) is 39.7 Å². The Kier molecular flexibility index (Phi) is 3.79. The van der Waals surface area contributed by atoms with Crippen LogP contribution in [0.4, 0.5) is 4.39 Å². The number of H-pyrrole nitrogens is 1. The van der Waals surface area contributed by atoms with Crippen molar-refractivity contribution < 1.29 is 9.18 Å². The molecule has 0 amide bonds. The highest BCUT2D eigenvalue weighted by atomic mass is 19.1. The van der Waals surface area contributed by atoms with E-state index in [2.05, 4.69) is 10.2 Å². The first-order valence-corrected chi connectivity index (χ1v) is 6.24. The quantitative estimate of drug-likeness (QED) is 0.874. The number of aromatic nitrogens is 2. The lowest BCUT2D eigenvalue weighted by molar-refractivity contribution is 0.101. The summed E-state index contributed by atoms with van der Waals surface area (Å²) in [5.74, 6) is -0.838. The molecule has 0 aliphatic heterocycles. The fraction of sp³-hybridized carbons (Fsp3) is 0.267. The van der Waals surface area contributed by atoms with E-state index in [1.807, 2.05) is 6.92 Å². The van der Waals surface area contributed by atoms with Gasteiger partial charge in [-0.3, -0.25) is 9.59 Å². The van der Waals surface area contributed by atoms with Crippen LogP contribution < -0.4 is 5.56 Å². The molecular weight excluding hydrogens is 259 g/mol. The number of aromatic amines is 1. The predicted molar refractivity (Wildman–Crippen MR) is 73.5 cm³/mol. The largest absolute Gasteiger partial charge is 0.294 e. The highest BCUT2D eigenvalue weighted by molar-refractivity contribution is 5.94. The molecular formula is C15H15FN2O2. The SMILES string of the molecule is CC(=O)c1cc(Cc2n[nH]c(=O)c(C)c2C)ccc1F. The Labute approximate surface area is 115 Å². The number of ketones is 1. The number of rotatable bonds is 3. The van der Waals surface area contributed by atoms with E-state index in [1.165, 1.54) is 19.1 Å². The zero-order valence-electron chi connectivity index (χ0n) is 11.6. The van der Waals surface area contributed by atoms with Crippen LogP contribution in [-0.4, -0.2) is 16.0 Å². The van der Waals surface area contributed by atoms with E-state index in [1.54, 1.807) is 13.0 Å². The maximum absolute atomic E-state index is 13.5. The summed E-state index contributed by atoms with van der Waals surface area (Å²) in [5, 5.41) is 6.45. The molecule has 1 aromatic carbocycles. The summed E-state index contributed by atoms with van der Waals surface area (Å²) in [6, 6.07) is 4.42. The molecule has 4 nitrogen and oxygen atoms in total. The lowest BCUT2D eigenvalue weighted by Gasteiger charge is -2.08. The number of nitrogens with one attached hydrogen (secondary N) is 1. The number of halogens is 1. The van der Waals surface area contributed by atoms with Crippen LogP contribution in [0, 0.1) is 19.7 Å². The van der Waals surface area contributed by atoms with Crippen molar-refractivity contribution in [3.8, 4) is 0 Å². The molecule has 2 rings (SSSR count). The molecule has 1 aromatic heterocycles. The van der Waals surface area contributed by atoms with Crippen molar-refractivity contribution in [2.24, 2.45) is 0 Å². The minimum Gasteiger partial charge on any atom is -0.294 e. The second-order valence-electron chi connectivity index (χ2n) is 4.80. The van der Waals surface area contributed by atoms with Crippen molar-refractivity contribution in [2.45, 2.75) is 27.2 Å². The first-order valence-electron chi connectivity index (χ1n) is 6.24. The first kappa shape index (κ1) is 14.1. The second-order valence-corrected chi connectivity index (χ2v) is 4.80. The van der Waals surface area contributed by atoms with Crippen molar-refractivity contribution >= 4 is 5.78 Å². The summed E-state index contributed by atoms with van der Waals surface area (Å²) in [6.07, 6.45) is 0.435. The Morgan fingerprint density at radius 3 is 2.65 bits per heavy atom. The van der Waals surface area contributed by atoms with Gasteiger partial charge in [0, 0.05) is 12.0 Å². The van der Waals surface area contributed by atoms with Gasteiger partial charge in [-0.1, -0.05) is 6.07 Å². The van der Waals surface area contributed by atoms with Crippen molar-refractivity contribution in [1.29, 1.82) is 0 Å². The third kappa shape index (κ3) is 2.66. The summed E-state index contributed by atoms with van der Waals surface area (Å²) >= 11 is 0. The normalized spacial score (nSPS) is 10.6. The summed E-state index contributed by atoms with van der Waals surface area (Å²) in [7, 11) is 0. The van der Waals surface area contributed by atoms with Gasteiger partial charge in [0.1, 0.15) is 5.82 Å². The molecule has 0 atom stereocenters. The number of carbonyl (C=O) groups excluding carboxylic acids is 1. The molecule has 0 spiro atoms. The van der Waals surface area contributed by atoms with Gasteiger partial charge in [-0.2, -0.15) is 5.10 Å². The van der Waals surface area contributed by atoms with E-state index < -0.39 is 5.82 Å². The molecule has 0 aliphatic rings. The van der Waals surface area contributed by atoms with Crippen LogP contribution in [0.15, 0.2) is 23.0 Å². The number of hydrogen-bond acceptors (Lipinski definition) is 3. The van der Waals surface area contributed by atoms with Gasteiger partial charge in [0.15, 0.2) is 5.78 Å². The molecule has 0 fully saturated rings. The summed E-state index contributed by atoms with van der Waals surface area (Å²) in [4.78, 5) is 22.8. The molecule has 0 saturated carbocycles. The average Bonchev–Trinajstić information content (AvgIpc) is 2.41. The van der Waals surface area contributed by atoms with Gasteiger partial charge in [-0.15, -0.1) is 0 Å². The van der Waals surface area contributed by atoms with Crippen molar-refractivity contribution in [1.82, 2.24) is 10.2 Å². The van der Waals surface area contributed by atoms with Crippen LogP contribution in [0.25, 0.3) is 0 Å². The Hall–Kier alpha value is -2.30. The molecule has 0 saturated heterocycles. The minimum atomic E-state index is -0.524. The zero-order chi connectivity index (χ0) is 14.9. The van der Waals surface area contributed by atoms with E-state index in [0.29, 0.717) is 17.7 Å². The topological polar surface area (TPSA) is 62.8 Å². The molecule has 0 aliphatic carbocycles. The Balaban J connectivity index is 2.41. The lowest BCUT2D eigenvalue weighted by atomic mass is 10.0. The number of hydrogen-bond donors (Lipinski definition) is 1. The second kappa shape index (κ2) is 5.36. The van der Waals surface area contributed by atoms with Crippen LogP contribution in [0.5, 0.6) is 0 Å².